The maximum Gasteiger partial charge on any atom is 0.336 e. The molecule has 3 aromatic carbocycles. The van der Waals surface area contributed by atoms with Gasteiger partial charge in [-0.15, -0.1) is 0 Å². The topological polar surface area (TPSA) is 70.7 Å². The fourth-order valence-electron chi connectivity index (χ4n) is 6.78. The van der Waals surface area contributed by atoms with Crippen LogP contribution < -0.4 is 10.6 Å². The minimum atomic E-state index is -0.500. The molecule has 2 heterocycles. The fourth-order valence-corrected chi connectivity index (χ4v) is 6.78. The number of aryl methyl sites for hydroxylation is 1. The third-order valence-corrected chi connectivity index (χ3v) is 9.12. The van der Waals surface area contributed by atoms with E-state index in [9.17, 15) is 9.59 Å². The molecule has 3 aromatic rings. The van der Waals surface area contributed by atoms with E-state index in [1.54, 1.807) is 0 Å². The molecule has 6 nitrogen and oxygen atoms in total. The van der Waals surface area contributed by atoms with E-state index in [0.29, 0.717) is 23.4 Å². The highest BCUT2D eigenvalue weighted by Crippen LogP contribution is 2.42. The summed E-state index contributed by atoms with van der Waals surface area (Å²) in [7, 11) is 1.38. The summed E-state index contributed by atoms with van der Waals surface area (Å²) in [5, 5.41) is 6.41. The first-order valence-electron chi connectivity index (χ1n) is 15.3. The quantitative estimate of drug-likeness (QED) is 0.242. The number of rotatable bonds is 9. The Kier molecular flexibility index (Phi) is 9.46. The van der Waals surface area contributed by atoms with Crippen LogP contribution in [-0.4, -0.2) is 50.1 Å². The van der Waals surface area contributed by atoms with Crippen molar-refractivity contribution < 1.29 is 14.3 Å². The highest BCUT2D eigenvalue weighted by molar-refractivity contribution is 6.02. The number of hydrogen-bond donors (Lipinski definition) is 2. The zero-order chi connectivity index (χ0) is 30.4. The van der Waals surface area contributed by atoms with Crippen molar-refractivity contribution in [2.24, 2.45) is 0 Å². The van der Waals surface area contributed by atoms with E-state index in [2.05, 4.69) is 76.2 Å². The molecule has 0 aliphatic carbocycles. The second-order valence-corrected chi connectivity index (χ2v) is 11.8. The van der Waals surface area contributed by atoms with Crippen molar-refractivity contribution in [1.82, 2.24) is 15.5 Å². The van der Waals surface area contributed by atoms with E-state index in [1.807, 2.05) is 45.0 Å². The van der Waals surface area contributed by atoms with Crippen LogP contribution in [0.1, 0.15) is 61.3 Å². The Labute approximate surface area is 255 Å². The SMILES string of the molecule is COC(=O)C1=C(C)NC(C)=C(C(=O)NCCCN2CCC(c3ccccc3)(c3ccccc3)CC2)C1c1ccc(C)cc1. The predicted octanol–water partition coefficient (Wildman–Crippen LogP) is 5.99. The Hall–Kier alpha value is -4.16. The third-order valence-electron chi connectivity index (χ3n) is 9.12. The first kappa shape index (κ1) is 30.3. The molecule has 0 saturated carbocycles. The number of dihydropyridines is 1. The predicted molar refractivity (Wildman–Crippen MR) is 171 cm³/mol. The summed E-state index contributed by atoms with van der Waals surface area (Å²) in [6.45, 7) is 9.27. The van der Waals surface area contributed by atoms with Crippen LogP contribution in [0.2, 0.25) is 0 Å². The number of amides is 1. The number of methoxy groups -OCH3 is 1. The number of carbonyl (C=O) groups is 2. The number of nitrogens with zero attached hydrogens (tertiary/aromatic N) is 1. The maximum atomic E-state index is 13.7. The largest absolute Gasteiger partial charge is 0.466 e. The van der Waals surface area contributed by atoms with Crippen molar-refractivity contribution in [3.63, 3.8) is 0 Å². The summed E-state index contributed by atoms with van der Waals surface area (Å²) in [6, 6.07) is 29.8. The van der Waals surface area contributed by atoms with Gasteiger partial charge < -0.3 is 20.3 Å². The van der Waals surface area contributed by atoms with Crippen LogP contribution >= 0.6 is 0 Å². The van der Waals surface area contributed by atoms with E-state index >= 15 is 0 Å². The monoisotopic (exact) mass is 577 g/mol. The Morgan fingerprint density at radius 1 is 0.837 bits per heavy atom. The number of ether oxygens (including phenoxy) is 1. The molecule has 2 N–H and O–H groups in total. The zero-order valence-corrected chi connectivity index (χ0v) is 25.8. The summed E-state index contributed by atoms with van der Waals surface area (Å²) in [5.41, 5.74) is 7.30. The molecule has 5 rings (SSSR count). The lowest BCUT2D eigenvalue weighted by Crippen LogP contribution is -2.44. The standard InChI is InChI=1S/C37H43N3O3/c1-26-16-18-29(19-17-26)34-32(27(2)39-28(3)33(34)36(42)43-4)35(41)38-22-11-23-40-24-20-37(21-25-40,30-12-7-5-8-13-30)31-14-9-6-10-15-31/h5-10,12-19,34,39H,11,20-25H2,1-4H3,(H,38,41). The minimum Gasteiger partial charge on any atom is -0.466 e. The van der Waals surface area contributed by atoms with Gasteiger partial charge in [0, 0.05) is 28.9 Å². The van der Waals surface area contributed by atoms with Gasteiger partial charge in [0.1, 0.15) is 0 Å². The second-order valence-electron chi connectivity index (χ2n) is 11.8. The van der Waals surface area contributed by atoms with Crippen molar-refractivity contribution in [2.75, 3.05) is 33.3 Å². The van der Waals surface area contributed by atoms with E-state index in [0.717, 1.165) is 55.7 Å². The van der Waals surface area contributed by atoms with Crippen LogP contribution in [0, 0.1) is 6.92 Å². The summed E-state index contributed by atoms with van der Waals surface area (Å²) in [6.07, 6.45) is 2.97. The molecule has 1 fully saturated rings. The van der Waals surface area contributed by atoms with Crippen LogP contribution in [0.15, 0.2) is 107 Å². The van der Waals surface area contributed by atoms with Crippen molar-refractivity contribution in [3.05, 3.63) is 130 Å². The highest BCUT2D eigenvalue weighted by Gasteiger charge is 2.38. The molecule has 2 aliphatic rings. The van der Waals surface area contributed by atoms with Gasteiger partial charge in [-0.2, -0.15) is 0 Å². The second kappa shape index (κ2) is 13.4. The molecule has 1 amide bonds. The Morgan fingerprint density at radius 3 is 1.95 bits per heavy atom. The Bertz CT molecular complexity index is 1440. The molecule has 1 unspecified atom stereocenters. The van der Waals surface area contributed by atoms with Crippen molar-refractivity contribution in [2.45, 2.75) is 51.4 Å². The van der Waals surface area contributed by atoms with Gasteiger partial charge >= 0.3 is 5.97 Å². The lowest BCUT2D eigenvalue weighted by atomic mass is 9.68. The number of nitrogens with one attached hydrogen (secondary N) is 2. The summed E-state index contributed by atoms with van der Waals surface area (Å²) < 4.78 is 5.14. The average Bonchev–Trinajstić information content (AvgIpc) is 3.04. The van der Waals surface area contributed by atoms with Crippen LogP contribution in [0.25, 0.3) is 0 Å². The molecule has 0 aromatic heterocycles. The van der Waals surface area contributed by atoms with E-state index < -0.39 is 11.9 Å². The van der Waals surface area contributed by atoms with Gasteiger partial charge in [-0.3, -0.25) is 4.79 Å². The average molecular weight is 578 g/mol. The first-order valence-corrected chi connectivity index (χ1v) is 15.3. The lowest BCUT2D eigenvalue weighted by molar-refractivity contribution is -0.136. The zero-order valence-electron chi connectivity index (χ0n) is 25.8. The minimum absolute atomic E-state index is 0.0270. The van der Waals surface area contributed by atoms with E-state index in [-0.39, 0.29) is 11.3 Å². The van der Waals surface area contributed by atoms with Crippen LogP contribution in [0.5, 0.6) is 0 Å². The summed E-state index contributed by atoms with van der Waals surface area (Å²) in [4.78, 5) is 29.1. The molecule has 0 bridgehead atoms. The van der Waals surface area contributed by atoms with E-state index in [1.165, 1.54) is 18.2 Å². The van der Waals surface area contributed by atoms with Gasteiger partial charge in [-0.25, -0.2) is 4.79 Å². The number of piperidine rings is 1. The van der Waals surface area contributed by atoms with Gasteiger partial charge in [-0.05, 0) is 76.4 Å². The van der Waals surface area contributed by atoms with Crippen LogP contribution in [0.3, 0.4) is 0 Å². The van der Waals surface area contributed by atoms with Crippen LogP contribution in [-0.2, 0) is 19.7 Å². The summed E-state index contributed by atoms with van der Waals surface area (Å²) in [5.74, 6) is -1.09. The van der Waals surface area contributed by atoms with Gasteiger partial charge in [-0.1, -0.05) is 90.5 Å². The molecular weight excluding hydrogens is 534 g/mol. The molecule has 1 saturated heterocycles. The molecule has 6 heteroatoms. The Balaban J connectivity index is 1.22. The van der Waals surface area contributed by atoms with Crippen LogP contribution in [0.4, 0.5) is 0 Å². The van der Waals surface area contributed by atoms with Gasteiger partial charge in [0.25, 0.3) is 0 Å². The van der Waals surface area contributed by atoms with Gasteiger partial charge in [0.15, 0.2) is 0 Å². The van der Waals surface area contributed by atoms with Crippen molar-refractivity contribution in [3.8, 4) is 0 Å². The van der Waals surface area contributed by atoms with Gasteiger partial charge in [0.05, 0.1) is 18.6 Å². The molecule has 2 aliphatic heterocycles. The molecule has 1 atom stereocenters. The van der Waals surface area contributed by atoms with Gasteiger partial charge in [0.2, 0.25) is 5.91 Å². The lowest BCUT2D eigenvalue weighted by Gasteiger charge is -2.43. The molecule has 224 valence electrons. The van der Waals surface area contributed by atoms with E-state index in [4.69, 9.17) is 4.74 Å². The normalized spacial score (nSPS) is 18.7. The molecule has 0 radical (unpaired) electrons. The molecule has 0 spiro atoms. The maximum absolute atomic E-state index is 13.7. The fraction of sp³-hybridized carbons (Fsp3) is 0.351. The van der Waals surface area contributed by atoms with Crippen molar-refractivity contribution in [1.29, 1.82) is 0 Å². The Morgan fingerprint density at radius 2 is 1.40 bits per heavy atom. The number of hydrogen-bond acceptors (Lipinski definition) is 5. The number of carbonyl (C=O) groups excluding carboxylic acids is 2. The smallest absolute Gasteiger partial charge is 0.336 e. The molecular formula is C37H43N3O3. The number of esters is 1. The highest BCUT2D eigenvalue weighted by atomic mass is 16.5. The number of likely N-dealkylation sites (tertiary alicyclic amines) is 1. The first-order chi connectivity index (χ1) is 20.8. The third kappa shape index (κ3) is 6.45. The van der Waals surface area contributed by atoms with Crippen molar-refractivity contribution >= 4 is 11.9 Å². The number of benzene rings is 3. The summed E-state index contributed by atoms with van der Waals surface area (Å²) >= 11 is 0. The number of allylic oxidation sites excluding steroid dienone is 2. The molecule has 43 heavy (non-hydrogen) atoms.